The molecule has 1 aromatic carbocycles. The molecule has 1 aliphatic carbocycles. The molecule has 0 spiro atoms. The van der Waals surface area contributed by atoms with E-state index in [2.05, 4.69) is 36.6 Å². The van der Waals surface area contributed by atoms with E-state index >= 15 is 0 Å². The second kappa shape index (κ2) is 13.9. The van der Waals surface area contributed by atoms with Crippen molar-refractivity contribution in [3.05, 3.63) is 35.9 Å². The van der Waals surface area contributed by atoms with Gasteiger partial charge in [0, 0.05) is 26.1 Å². The smallest absolute Gasteiger partial charge is 0.191 e. The van der Waals surface area contributed by atoms with E-state index in [0.29, 0.717) is 18.5 Å². The van der Waals surface area contributed by atoms with Gasteiger partial charge in [-0.1, -0.05) is 36.7 Å². The van der Waals surface area contributed by atoms with Crippen LogP contribution in [0.3, 0.4) is 0 Å². The lowest BCUT2D eigenvalue weighted by Crippen LogP contribution is -2.42. The van der Waals surface area contributed by atoms with Crippen molar-refractivity contribution in [2.75, 3.05) is 26.4 Å². The number of aromatic nitrogens is 3. The number of hydrogen-bond donors (Lipinski definition) is 2. The Hall–Kier alpha value is -1.56. The molecule has 0 saturated heterocycles. The Bertz CT molecular complexity index is 859. The van der Waals surface area contributed by atoms with Crippen molar-refractivity contribution in [3.63, 3.8) is 0 Å². The van der Waals surface area contributed by atoms with Crippen LogP contribution in [0.1, 0.15) is 50.9 Å². The zero-order valence-electron chi connectivity index (χ0n) is 19.0. The lowest BCUT2D eigenvalue weighted by molar-refractivity contribution is 0.214. The number of nitrogens with zero attached hydrogens (tertiary/aromatic N) is 4. The summed E-state index contributed by atoms with van der Waals surface area (Å²) in [5, 5.41) is 16.4. The van der Waals surface area contributed by atoms with E-state index in [1.807, 2.05) is 6.92 Å². The highest BCUT2D eigenvalue weighted by Crippen LogP contribution is 2.33. The Kier molecular flexibility index (Phi) is 11.6. The van der Waals surface area contributed by atoms with Gasteiger partial charge in [0.2, 0.25) is 0 Å². The van der Waals surface area contributed by atoms with Crippen molar-refractivity contribution < 1.29 is 9.13 Å². The summed E-state index contributed by atoms with van der Waals surface area (Å²) in [6, 6.07) is 6.98. The Balaban J connectivity index is 0.00000363. The summed E-state index contributed by atoms with van der Waals surface area (Å²) >= 11 is 1.67. The minimum absolute atomic E-state index is 0. The van der Waals surface area contributed by atoms with Gasteiger partial charge in [-0.15, -0.1) is 34.2 Å². The molecule has 1 unspecified atom stereocenters. The van der Waals surface area contributed by atoms with Crippen LogP contribution in [0, 0.1) is 5.82 Å². The van der Waals surface area contributed by atoms with Crippen molar-refractivity contribution in [2.24, 2.45) is 4.99 Å². The second-order valence-corrected chi connectivity index (χ2v) is 8.53. The van der Waals surface area contributed by atoms with Gasteiger partial charge >= 0.3 is 0 Å². The highest BCUT2D eigenvalue weighted by molar-refractivity contribution is 14.0. The van der Waals surface area contributed by atoms with Gasteiger partial charge < -0.3 is 19.9 Å². The summed E-state index contributed by atoms with van der Waals surface area (Å²) in [6.45, 7) is 3.18. The van der Waals surface area contributed by atoms with Gasteiger partial charge in [-0.05, 0) is 44.6 Å². The Labute approximate surface area is 211 Å². The van der Waals surface area contributed by atoms with E-state index in [0.717, 1.165) is 30.4 Å². The standard InChI is InChI=1S/C22H33FN6OS.HI/c1-16(30-19-12-7-6-11-18(19)23)15-26-21(24-2)25-14-8-13-20-27-28-22(31-3)29(20)17-9-4-5-10-17;/h6-7,11-12,16-17H,4-5,8-10,13-15H2,1-3H3,(H2,24,25,26);1H. The Morgan fingerprint density at radius 3 is 2.72 bits per heavy atom. The summed E-state index contributed by atoms with van der Waals surface area (Å²) in [6.07, 6.45) is 8.69. The molecule has 0 aliphatic heterocycles. The molecule has 0 amide bonds. The average Bonchev–Trinajstić information content (AvgIpc) is 3.44. The van der Waals surface area contributed by atoms with Crippen LogP contribution in [0.2, 0.25) is 0 Å². The van der Waals surface area contributed by atoms with Crippen LogP contribution in [-0.4, -0.2) is 53.2 Å². The van der Waals surface area contributed by atoms with E-state index in [9.17, 15) is 4.39 Å². The molecule has 1 saturated carbocycles. The first-order chi connectivity index (χ1) is 15.1. The molecule has 2 aromatic rings. The molecule has 1 aliphatic rings. The molecule has 3 rings (SSSR count). The number of hydrogen-bond acceptors (Lipinski definition) is 5. The number of para-hydroxylation sites is 1. The maximum atomic E-state index is 13.7. The predicted octanol–water partition coefficient (Wildman–Crippen LogP) is 4.44. The van der Waals surface area contributed by atoms with Crippen LogP contribution < -0.4 is 15.4 Å². The molecular weight excluding hydrogens is 542 g/mol. The average molecular weight is 577 g/mol. The number of nitrogens with one attached hydrogen (secondary N) is 2. The van der Waals surface area contributed by atoms with Crippen LogP contribution >= 0.6 is 35.7 Å². The molecule has 0 radical (unpaired) electrons. The lowest BCUT2D eigenvalue weighted by atomic mass is 10.2. The van der Waals surface area contributed by atoms with Gasteiger partial charge in [0.15, 0.2) is 22.7 Å². The van der Waals surface area contributed by atoms with E-state index in [1.54, 1.807) is 37.0 Å². The fraction of sp³-hybridized carbons (Fsp3) is 0.591. The number of ether oxygens (including phenoxy) is 1. The highest BCUT2D eigenvalue weighted by atomic mass is 127. The van der Waals surface area contributed by atoms with Crippen LogP contribution in [0.4, 0.5) is 4.39 Å². The zero-order valence-corrected chi connectivity index (χ0v) is 22.2. The molecule has 32 heavy (non-hydrogen) atoms. The van der Waals surface area contributed by atoms with Crippen molar-refractivity contribution in [1.82, 2.24) is 25.4 Å². The topological polar surface area (TPSA) is 76.4 Å². The maximum absolute atomic E-state index is 13.7. The number of rotatable bonds is 10. The maximum Gasteiger partial charge on any atom is 0.191 e. The van der Waals surface area contributed by atoms with Gasteiger partial charge in [0.05, 0.1) is 6.54 Å². The SMILES string of the molecule is CN=C(NCCCc1nnc(SC)n1C1CCCC1)NCC(C)Oc1ccccc1F.I. The third-order valence-corrected chi connectivity index (χ3v) is 6.07. The van der Waals surface area contributed by atoms with Crippen molar-refractivity contribution >= 4 is 41.7 Å². The van der Waals surface area contributed by atoms with Crippen molar-refractivity contribution in [3.8, 4) is 5.75 Å². The van der Waals surface area contributed by atoms with Crippen molar-refractivity contribution in [2.45, 2.75) is 62.8 Å². The quantitative estimate of drug-likeness (QED) is 0.143. The number of thioether (sulfide) groups is 1. The molecule has 10 heteroatoms. The number of benzene rings is 1. The van der Waals surface area contributed by atoms with E-state index in [-0.39, 0.29) is 41.6 Å². The first-order valence-corrected chi connectivity index (χ1v) is 12.2. The van der Waals surface area contributed by atoms with Gasteiger partial charge in [0.25, 0.3) is 0 Å². The summed E-state index contributed by atoms with van der Waals surface area (Å²) in [4.78, 5) is 4.26. The number of aliphatic imine (C=N–C) groups is 1. The highest BCUT2D eigenvalue weighted by Gasteiger charge is 2.23. The number of halogens is 2. The fourth-order valence-electron chi connectivity index (χ4n) is 3.86. The third-order valence-electron chi connectivity index (χ3n) is 5.42. The minimum Gasteiger partial charge on any atom is -0.486 e. The Morgan fingerprint density at radius 2 is 2.03 bits per heavy atom. The molecule has 7 nitrogen and oxygen atoms in total. The predicted molar refractivity (Wildman–Crippen MR) is 139 cm³/mol. The van der Waals surface area contributed by atoms with Gasteiger partial charge in [-0.2, -0.15) is 0 Å². The van der Waals surface area contributed by atoms with E-state index < -0.39 is 0 Å². The molecule has 1 atom stereocenters. The third kappa shape index (κ3) is 7.50. The fourth-order valence-corrected chi connectivity index (χ4v) is 4.43. The first kappa shape index (κ1) is 26.7. The zero-order chi connectivity index (χ0) is 22.1. The summed E-state index contributed by atoms with van der Waals surface area (Å²) in [5.74, 6) is 1.68. The first-order valence-electron chi connectivity index (χ1n) is 11.0. The summed E-state index contributed by atoms with van der Waals surface area (Å²) in [7, 11) is 1.74. The molecule has 0 bridgehead atoms. The van der Waals surface area contributed by atoms with Gasteiger partial charge in [-0.25, -0.2) is 4.39 Å². The molecule has 2 N–H and O–H groups in total. The summed E-state index contributed by atoms with van der Waals surface area (Å²) in [5.41, 5.74) is 0. The Morgan fingerprint density at radius 1 is 1.28 bits per heavy atom. The largest absolute Gasteiger partial charge is 0.486 e. The molecular formula is C22H34FIN6OS. The second-order valence-electron chi connectivity index (χ2n) is 7.75. The molecule has 178 valence electrons. The number of guanidine groups is 1. The van der Waals surface area contributed by atoms with Crippen LogP contribution in [0.25, 0.3) is 0 Å². The van der Waals surface area contributed by atoms with E-state index in [4.69, 9.17) is 4.74 Å². The molecule has 1 aromatic heterocycles. The van der Waals surface area contributed by atoms with E-state index in [1.165, 1.54) is 31.7 Å². The molecule has 1 heterocycles. The van der Waals surface area contributed by atoms with Crippen LogP contribution in [-0.2, 0) is 6.42 Å². The lowest BCUT2D eigenvalue weighted by Gasteiger charge is -2.18. The van der Waals surface area contributed by atoms with Crippen LogP contribution in [0.15, 0.2) is 34.4 Å². The van der Waals surface area contributed by atoms with Gasteiger partial charge in [-0.3, -0.25) is 4.99 Å². The van der Waals surface area contributed by atoms with Crippen LogP contribution in [0.5, 0.6) is 5.75 Å². The normalized spacial score (nSPS) is 15.3. The van der Waals surface area contributed by atoms with Gasteiger partial charge in [0.1, 0.15) is 11.9 Å². The van der Waals surface area contributed by atoms with Crippen molar-refractivity contribution in [1.29, 1.82) is 0 Å². The molecule has 1 fully saturated rings. The monoisotopic (exact) mass is 576 g/mol. The minimum atomic E-state index is -0.355. The number of aryl methyl sites for hydroxylation is 1. The summed E-state index contributed by atoms with van der Waals surface area (Å²) < 4.78 is 21.7.